The first-order chi connectivity index (χ1) is 17.5. The Labute approximate surface area is 214 Å². The Balaban J connectivity index is 1.32. The van der Waals surface area contributed by atoms with Gasteiger partial charge in [0, 0.05) is 37.8 Å². The number of hydrogen-bond acceptors (Lipinski definition) is 6. The van der Waals surface area contributed by atoms with E-state index in [0.29, 0.717) is 25.3 Å². The van der Waals surface area contributed by atoms with Gasteiger partial charge in [-0.3, -0.25) is 9.69 Å². The van der Waals surface area contributed by atoms with E-state index in [-0.39, 0.29) is 30.2 Å². The lowest BCUT2D eigenvalue weighted by Gasteiger charge is -2.40. The van der Waals surface area contributed by atoms with E-state index in [1.165, 1.54) is 0 Å². The average Bonchev–Trinajstić information content (AvgIpc) is 3.43. The molecule has 2 amide bonds. The van der Waals surface area contributed by atoms with Gasteiger partial charge >= 0.3 is 6.09 Å². The third-order valence-corrected chi connectivity index (χ3v) is 6.96. The fourth-order valence-corrected chi connectivity index (χ4v) is 5.00. The topological polar surface area (TPSA) is 97.7 Å². The zero-order chi connectivity index (χ0) is 26.5. The molecule has 1 aromatic heterocycles. The summed E-state index contributed by atoms with van der Waals surface area (Å²) >= 11 is 0. The van der Waals surface area contributed by atoms with Crippen LogP contribution in [-0.4, -0.2) is 56.8 Å². The summed E-state index contributed by atoms with van der Waals surface area (Å²) in [5, 5.41) is 5.80. The Hall–Kier alpha value is -3.05. The minimum Gasteiger partial charge on any atom is -0.444 e. The molecule has 1 saturated heterocycles. The van der Waals surface area contributed by atoms with Gasteiger partial charge in [0.15, 0.2) is 5.82 Å². The van der Waals surface area contributed by atoms with E-state index < -0.39 is 35.5 Å². The Morgan fingerprint density at radius 2 is 1.92 bits per heavy atom. The van der Waals surface area contributed by atoms with Gasteiger partial charge in [-0.1, -0.05) is 0 Å². The molecule has 3 aliphatic rings. The van der Waals surface area contributed by atoms with Gasteiger partial charge in [0.2, 0.25) is 0 Å². The highest BCUT2D eigenvalue weighted by atomic mass is 19.1. The summed E-state index contributed by atoms with van der Waals surface area (Å²) in [5.74, 6) is -0.938. The van der Waals surface area contributed by atoms with Crippen LogP contribution in [-0.2, 0) is 29.6 Å². The quantitative estimate of drug-likeness (QED) is 0.632. The molecule has 2 aliphatic heterocycles. The molecule has 1 saturated carbocycles. The number of ether oxygens (including phenoxy) is 2. The zero-order valence-electron chi connectivity index (χ0n) is 21.5. The number of rotatable bonds is 5. The Morgan fingerprint density at radius 3 is 2.59 bits per heavy atom. The standard InChI is InChI=1S/C26H33F2N5O4/c1-26(2,3)37-25(35)31-19-10-16(13-36-22(19)17-9-14(27)5-8-18(17)28)33-11-20-21(12-33)32(4)23(30-20)24(34)29-15-6-7-15/h5,8-9,15-16,19,22H,6-7,10-13H2,1-4H3,(H,29,34)(H,31,35)/t16-,19+,22-/m1/s1. The fourth-order valence-electron chi connectivity index (χ4n) is 5.00. The second kappa shape index (κ2) is 9.68. The van der Waals surface area contributed by atoms with E-state index in [9.17, 15) is 18.4 Å². The molecule has 5 rings (SSSR count). The van der Waals surface area contributed by atoms with E-state index in [0.717, 1.165) is 42.4 Å². The monoisotopic (exact) mass is 517 g/mol. The molecule has 9 nitrogen and oxygen atoms in total. The molecule has 0 radical (unpaired) electrons. The summed E-state index contributed by atoms with van der Waals surface area (Å²) in [7, 11) is 1.84. The Bertz CT molecular complexity index is 1210. The van der Waals surface area contributed by atoms with Crippen LogP contribution in [0, 0.1) is 11.6 Å². The van der Waals surface area contributed by atoms with Gasteiger partial charge in [-0.15, -0.1) is 0 Å². The summed E-state index contributed by atoms with van der Waals surface area (Å²) in [6.45, 7) is 6.60. The van der Waals surface area contributed by atoms with E-state index in [2.05, 4.69) is 20.5 Å². The lowest BCUT2D eigenvalue weighted by Crippen LogP contribution is -2.52. The molecular formula is C26H33F2N5O4. The molecule has 3 heterocycles. The SMILES string of the molecule is Cn1c(C(=O)NC2CC2)nc2c1CN([C@H]1CO[C@H](c3cc(F)ccc3F)[C@@H](NC(=O)OC(C)(C)C)C1)C2. The van der Waals surface area contributed by atoms with Gasteiger partial charge in [-0.2, -0.15) is 0 Å². The maximum atomic E-state index is 14.7. The van der Waals surface area contributed by atoms with Gasteiger partial charge in [0.25, 0.3) is 5.91 Å². The number of aromatic nitrogens is 2. The molecular weight excluding hydrogens is 484 g/mol. The number of amides is 2. The van der Waals surface area contributed by atoms with E-state index >= 15 is 0 Å². The Kier molecular flexibility index (Phi) is 6.70. The largest absolute Gasteiger partial charge is 0.444 e. The molecule has 0 unspecified atom stereocenters. The highest BCUT2D eigenvalue weighted by Gasteiger charge is 2.41. The third-order valence-electron chi connectivity index (χ3n) is 6.96. The minimum atomic E-state index is -0.875. The molecule has 11 heteroatoms. The highest BCUT2D eigenvalue weighted by molar-refractivity contribution is 5.91. The highest BCUT2D eigenvalue weighted by Crippen LogP contribution is 2.35. The van der Waals surface area contributed by atoms with Crippen LogP contribution in [0.5, 0.6) is 0 Å². The van der Waals surface area contributed by atoms with Crippen molar-refractivity contribution in [3.63, 3.8) is 0 Å². The molecule has 1 aliphatic carbocycles. The number of carbonyl (C=O) groups excluding carboxylic acids is 2. The second-order valence-corrected chi connectivity index (χ2v) is 11.1. The maximum Gasteiger partial charge on any atom is 0.407 e. The summed E-state index contributed by atoms with van der Waals surface area (Å²) in [5.41, 5.74) is 1.12. The molecule has 2 aromatic rings. The van der Waals surface area contributed by atoms with Crippen molar-refractivity contribution in [3.8, 4) is 0 Å². The number of nitrogens with one attached hydrogen (secondary N) is 2. The number of carbonyl (C=O) groups is 2. The number of alkyl carbamates (subject to hydrolysis) is 1. The minimum absolute atomic E-state index is 0.0530. The molecule has 3 atom stereocenters. The van der Waals surface area contributed by atoms with Gasteiger partial charge < -0.3 is 24.7 Å². The lowest BCUT2D eigenvalue weighted by atomic mass is 9.92. The predicted octanol–water partition coefficient (Wildman–Crippen LogP) is 3.33. The molecule has 2 N–H and O–H groups in total. The van der Waals surface area contributed by atoms with Crippen molar-refractivity contribution in [2.45, 2.75) is 83.0 Å². The van der Waals surface area contributed by atoms with Gasteiger partial charge in [0.05, 0.1) is 24.0 Å². The van der Waals surface area contributed by atoms with Crippen molar-refractivity contribution < 1.29 is 27.8 Å². The van der Waals surface area contributed by atoms with Gasteiger partial charge in [-0.05, 0) is 58.2 Å². The summed E-state index contributed by atoms with van der Waals surface area (Å²) in [4.78, 5) is 31.9. The Morgan fingerprint density at radius 1 is 1.16 bits per heavy atom. The fraction of sp³-hybridized carbons (Fsp3) is 0.577. The number of benzene rings is 1. The van der Waals surface area contributed by atoms with Crippen LogP contribution in [0.15, 0.2) is 18.2 Å². The summed E-state index contributed by atoms with van der Waals surface area (Å²) in [6, 6.07) is 2.69. The van der Waals surface area contributed by atoms with Crippen LogP contribution in [0.2, 0.25) is 0 Å². The molecule has 0 bridgehead atoms. The summed E-state index contributed by atoms with van der Waals surface area (Å²) in [6.07, 6.45) is 0.916. The first kappa shape index (κ1) is 25.6. The van der Waals surface area contributed by atoms with Gasteiger partial charge in [0.1, 0.15) is 23.3 Å². The van der Waals surface area contributed by atoms with Crippen LogP contribution < -0.4 is 10.6 Å². The second-order valence-electron chi connectivity index (χ2n) is 11.1. The van der Waals surface area contributed by atoms with Crippen LogP contribution in [0.3, 0.4) is 0 Å². The maximum absolute atomic E-state index is 14.7. The van der Waals surface area contributed by atoms with Crippen LogP contribution in [0.25, 0.3) is 0 Å². The molecule has 0 spiro atoms. The van der Waals surface area contributed by atoms with Crippen molar-refractivity contribution in [3.05, 3.63) is 52.6 Å². The molecule has 37 heavy (non-hydrogen) atoms. The third kappa shape index (κ3) is 5.62. The predicted molar refractivity (Wildman–Crippen MR) is 130 cm³/mol. The molecule has 200 valence electrons. The average molecular weight is 518 g/mol. The number of hydrogen-bond donors (Lipinski definition) is 2. The van der Waals surface area contributed by atoms with Crippen LogP contribution in [0.4, 0.5) is 13.6 Å². The van der Waals surface area contributed by atoms with E-state index in [1.54, 1.807) is 20.8 Å². The van der Waals surface area contributed by atoms with Crippen LogP contribution >= 0.6 is 0 Å². The number of nitrogens with zero attached hydrogens (tertiary/aromatic N) is 3. The lowest BCUT2D eigenvalue weighted by molar-refractivity contribution is -0.0630. The van der Waals surface area contributed by atoms with Crippen molar-refractivity contribution in [2.75, 3.05) is 6.61 Å². The number of imidazole rings is 1. The van der Waals surface area contributed by atoms with Crippen molar-refractivity contribution >= 4 is 12.0 Å². The first-order valence-corrected chi connectivity index (χ1v) is 12.6. The van der Waals surface area contributed by atoms with Crippen molar-refractivity contribution in [2.24, 2.45) is 7.05 Å². The first-order valence-electron chi connectivity index (χ1n) is 12.6. The normalized spacial score (nSPS) is 24.0. The van der Waals surface area contributed by atoms with E-state index in [1.807, 2.05) is 11.6 Å². The number of fused-ring (bicyclic) bond motifs is 1. The van der Waals surface area contributed by atoms with E-state index in [4.69, 9.17) is 9.47 Å². The summed E-state index contributed by atoms with van der Waals surface area (Å²) < 4.78 is 42.0. The van der Waals surface area contributed by atoms with Crippen molar-refractivity contribution in [1.29, 1.82) is 0 Å². The smallest absolute Gasteiger partial charge is 0.407 e. The van der Waals surface area contributed by atoms with Gasteiger partial charge in [-0.25, -0.2) is 18.6 Å². The molecule has 1 aromatic carbocycles. The molecule has 2 fully saturated rings. The van der Waals surface area contributed by atoms with Crippen LogP contribution in [0.1, 0.15) is 73.7 Å². The zero-order valence-corrected chi connectivity index (χ0v) is 21.5. The number of halogens is 2. The van der Waals surface area contributed by atoms with Crippen molar-refractivity contribution in [1.82, 2.24) is 25.1 Å².